The van der Waals surface area contributed by atoms with Crippen LogP contribution in [-0.2, 0) is 14.9 Å². The molecule has 0 heterocycles. The molecular weight excluding hydrogens is 244 g/mol. The summed E-state index contributed by atoms with van der Waals surface area (Å²) in [6, 6.07) is 0. The lowest BCUT2D eigenvalue weighted by molar-refractivity contribution is -0.116. The normalized spacial score (nSPS) is 11.5. The van der Waals surface area contributed by atoms with Crippen LogP contribution in [0.2, 0.25) is 0 Å². The summed E-state index contributed by atoms with van der Waals surface area (Å²) >= 11 is 0. The maximum Gasteiger partial charge on any atom is 0.266 e. The molecule has 0 aliphatic heterocycles. The molecule has 0 rings (SSSR count). The first kappa shape index (κ1) is 16.1. The molecule has 0 aromatic heterocycles. The molecule has 0 aromatic carbocycles. The van der Waals surface area contributed by atoms with Crippen LogP contribution in [0.25, 0.3) is 0 Å². The number of rotatable bonds is 9. The van der Waals surface area contributed by atoms with Gasteiger partial charge in [0.25, 0.3) is 10.1 Å². The Morgan fingerprint density at radius 3 is 2.59 bits per heavy atom. The number of nitrogens with one attached hydrogen (secondary N) is 1. The molecule has 0 aromatic rings. The van der Waals surface area contributed by atoms with Crippen molar-refractivity contribution in [3.05, 3.63) is 12.7 Å². The van der Waals surface area contributed by atoms with E-state index in [-0.39, 0.29) is 11.7 Å². The second-order valence-electron chi connectivity index (χ2n) is 3.79. The van der Waals surface area contributed by atoms with Gasteiger partial charge in [0.05, 0.1) is 5.75 Å². The minimum atomic E-state index is -3.88. The zero-order valence-corrected chi connectivity index (χ0v) is 10.9. The first-order valence-corrected chi connectivity index (χ1v) is 7.00. The van der Waals surface area contributed by atoms with E-state index in [9.17, 15) is 13.2 Å². The molecule has 0 saturated carbocycles. The fourth-order valence-corrected chi connectivity index (χ4v) is 1.72. The number of carbonyl (C=O) groups excluding carboxylic acids is 1. The number of unbranched alkanes of at least 4 members (excludes halogenated alkanes) is 1. The van der Waals surface area contributed by atoms with Crippen molar-refractivity contribution >= 4 is 16.0 Å². The summed E-state index contributed by atoms with van der Waals surface area (Å²) < 4.78 is 29.5. The molecular formula is C10H20N2O4S. The van der Waals surface area contributed by atoms with Gasteiger partial charge in [-0.05, 0) is 32.5 Å². The summed E-state index contributed by atoms with van der Waals surface area (Å²) in [6.45, 7) is 4.94. The minimum absolute atomic E-state index is 0.190. The summed E-state index contributed by atoms with van der Waals surface area (Å²) in [4.78, 5) is 12.6. The van der Waals surface area contributed by atoms with Crippen molar-refractivity contribution in [1.29, 1.82) is 0 Å². The van der Waals surface area contributed by atoms with Crippen LogP contribution in [0.4, 0.5) is 0 Å². The van der Waals surface area contributed by atoms with Gasteiger partial charge in [-0.25, -0.2) is 0 Å². The fourth-order valence-electron chi connectivity index (χ4n) is 1.17. The standard InChI is InChI=1S/C10H20N2O4S/c1-3-10(13)11-6-4-5-7-12(2)8-9-17(14,15)16/h3H,1,4-9H2,2H3,(H,11,13)(H,14,15,16). The van der Waals surface area contributed by atoms with Crippen LogP contribution < -0.4 is 5.32 Å². The lowest BCUT2D eigenvalue weighted by Crippen LogP contribution is -2.27. The maximum absolute atomic E-state index is 10.8. The predicted molar refractivity (Wildman–Crippen MR) is 66.4 cm³/mol. The molecule has 2 N–H and O–H groups in total. The predicted octanol–water partition coefficient (Wildman–Crippen LogP) is -0.112. The Balaban J connectivity index is 3.48. The van der Waals surface area contributed by atoms with Gasteiger partial charge in [-0.15, -0.1) is 0 Å². The topological polar surface area (TPSA) is 86.7 Å². The summed E-state index contributed by atoms with van der Waals surface area (Å²) in [7, 11) is -2.09. The van der Waals surface area contributed by atoms with Gasteiger partial charge >= 0.3 is 0 Å². The van der Waals surface area contributed by atoms with Crippen molar-refractivity contribution in [2.45, 2.75) is 12.8 Å². The Kier molecular flexibility index (Phi) is 7.77. The second-order valence-corrected chi connectivity index (χ2v) is 5.36. The molecule has 0 bridgehead atoms. The van der Waals surface area contributed by atoms with Crippen molar-refractivity contribution in [3.63, 3.8) is 0 Å². The molecule has 17 heavy (non-hydrogen) atoms. The molecule has 0 radical (unpaired) electrons. The highest BCUT2D eigenvalue weighted by Gasteiger charge is 2.06. The van der Waals surface area contributed by atoms with E-state index in [4.69, 9.17) is 4.55 Å². The first-order chi connectivity index (χ1) is 7.85. The largest absolute Gasteiger partial charge is 0.353 e. The number of hydrogen-bond donors (Lipinski definition) is 2. The van der Waals surface area contributed by atoms with E-state index in [0.717, 1.165) is 19.4 Å². The minimum Gasteiger partial charge on any atom is -0.353 e. The molecule has 6 nitrogen and oxygen atoms in total. The smallest absolute Gasteiger partial charge is 0.266 e. The molecule has 0 spiro atoms. The van der Waals surface area contributed by atoms with E-state index in [1.165, 1.54) is 6.08 Å². The molecule has 0 fully saturated rings. The van der Waals surface area contributed by atoms with Gasteiger partial charge in [0, 0.05) is 13.1 Å². The highest BCUT2D eigenvalue weighted by molar-refractivity contribution is 7.85. The third-order valence-electron chi connectivity index (χ3n) is 2.18. The lowest BCUT2D eigenvalue weighted by atomic mass is 10.3. The van der Waals surface area contributed by atoms with Crippen LogP contribution in [0, 0.1) is 0 Å². The van der Waals surface area contributed by atoms with E-state index < -0.39 is 10.1 Å². The monoisotopic (exact) mass is 264 g/mol. The highest BCUT2D eigenvalue weighted by atomic mass is 32.2. The van der Waals surface area contributed by atoms with Gasteiger partial charge < -0.3 is 10.2 Å². The van der Waals surface area contributed by atoms with Crippen molar-refractivity contribution in [3.8, 4) is 0 Å². The summed E-state index contributed by atoms with van der Waals surface area (Å²) in [5.41, 5.74) is 0. The van der Waals surface area contributed by atoms with Crippen LogP contribution in [-0.4, -0.2) is 56.2 Å². The van der Waals surface area contributed by atoms with E-state index in [1.807, 2.05) is 4.90 Å². The number of hydrogen-bond acceptors (Lipinski definition) is 4. The third kappa shape index (κ3) is 11.3. The van der Waals surface area contributed by atoms with Crippen molar-refractivity contribution in [2.75, 3.05) is 32.4 Å². The summed E-state index contributed by atoms with van der Waals surface area (Å²) in [5, 5.41) is 2.65. The van der Waals surface area contributed by atoms with E-state index >= 15 is 0 Å². The van der Waals surface area contributed by atoms with Crippen LogP contribution >= 0.6 is 0 Å². The van der Waals surface area contributed by atoms with Gasteiger partial charge in [-0.3, -0.25) is 9.35 Å². The SMILES string of the molecule is C=CC(=O)NCCCCN(C)CCS(=O)(=O)O. The molecule has 1 amide bonds. The van der Waals surface area contributed by atoms with Gasteiger partial charge in [0.1, 0.15) is 0 Å². The maximum atomic E-state index is 10.8. The Morgan fingerprint density at radius 2 is 2.06 bits per heavy atom. The first-order valence-electron chi connectivity index (χ1n) is 5.39. The highest BCUT2D eigenvalue weighted by Crippen LogP contribution is 1.93. The number of nitrogens with zero attached hydrogens (tertiary/aromatic N) is 1. The van der Waals surface area contributed by atoms with Gasteiger partial charge in [-0.1, -0.05) is 6.58 Å². The Labute approximate surface area is 102 Å². The van der Waals surface area contributed by atoms with Crippen LogP contribution in [0.1, 0.15) is 12.8 Å². The third-order valence-corrected chi connectivity index (χ3v) is 2.88. The summed E-state index contributed by atoms with van der Waals surface area (Å²) in [6.07, 6.45) is 2.88. The van der Waals surface area contributed by atoms with Crippen LogP contribution in [0.5, 0.6) is 0 Å². The second kappa shape index (κ2) is 8.21. The Morgan fingerprint density at radius 1 is 1.41 bits per heavy atom. The van der Waals surface area contributed by atoms with Crippen molar-refractivity contribution in [1.82, 2.24) is 10.2 Å². The Hall–Kier alpha value is -0.920. The van der Waals surface area contributed by atoms with E-state index in [1.54, 1.807) is 7.05 Å². The molecule has 0 unspecified atom stereocenters. The van der Waals surface area contributed by atoms with Crippen LogP contribution in [0.15, 0.2) is 12.7 Å². The quantitative estimate of drug-likeness (QED) is 0.345. The van der Waals surface area contributed by atoms with E-state index in [0.29, 0.717) is 13.1 Å². The molecule has 0 aliphatic carbocycles. The van der Waals surface area contributed by atoms with E-state index in [2.05, 4.69) is 11.9 Å². The molecule has 0 aliphatic rings. The molecule has 0 atom stereocenters. The molecule has 100 valence electrons. The fraction of sp³-hybridized carbons (Fsp3) is 0.700. The van der Waals surface area contributed by atoms with Crippen LogP contribution in [0.3, 0.4) is 0 Å². The number of amides is 1. The average Bonchev–Trinajstić information content (AvgIpc) is 2.24. The average molecular weight is 264 g/mol. The van der Waals surface area contributed by atoms with Gasteiger partial charge in [0.15, 0.2) is 0 Å². The summed E-state index contributed by atoms with van der Waals surface area (Å²) in [5.74, 6) is -0.443. The lowest BCUT2D eigenvalue weighted by Gasteiger charge is -2.15. The van der Waals surface area contributed by atoms with Gasteiger partial charge in [0.2, 0.25) is 5.91 Å². The molecule has 7 heteroatoms. The number of carbonyl (C=O) groups is 1. The van der Waals surface area contributed by atoms with Gasteiger partial charge in [-0.2, -0.15) is 8.42 Å². The van der Waals surface area contributed by atoms with Crippen molar-refractivity contribution in [2.24, 2.45) is 0 Å². The zero-order chi connectivity index (χ0) is 13.3. The molecule has 0 saturated heterocycles. The zero-order valence-electron chi connectivity index (χ0n) is 10.1. The Bertz CT molecular complexity index is 340. The van der Waals surface area contributed by atoms with Crippen molar-refractivity contribution < 1.29 is 17.8 Å².